The van der Waals surface area contributed by atoms with Crippen molar-refractivity contribution in [3.05, 3.63) is 63.7 Å². The van der Waals surface area contributed by atoms with Crippen molar-refractivity contribution in [1.82, 2.24) is 10.2 Å². The predicted molar refractivity (Wildman–Crippen MR) is 141 cm³/mol. The molecule has 0 heterocycles. The number of anilines is 1. The van der Waals surface area contributed by atoms with Gasteiger partial charge < -0.3 is 15.0 Å². The third-order valence-electron chi connectivity index (χ3n) is 5.68. The highest BCUT2D eigenvalue weighted by Gasteiger charge is 2.32. The monoisotopic (exact) mass is 534 g/mol. The summed E-state index contributed by atoms with van der Waals surface area (Å²) in [6.07, 6.45) is 1.21. The van der Waals surface area contributed by atoms with E-state index in [1.165, 1.54) is 24.1 Å². The van der Waals surface area contributed by atoms with E-state index in [4.69, 9.17) is 4.74 Å². The molecule has 2 aromatic rings. The van der Waals surface area contributed by atoms with Crippen molar-refractivity contribution in [1.29, 1.82) is 0 Å². The first-order valence-corrected chi connectivity index (χ1v) is 13.6. The molecule has 1 N–H and O–H groups in total. The third-order valence-corrected chi connectivity index (χ3v) is 6.81. The highest BCUT2D eigenvalue weighted by Crippen LogP contribution is 2.28. The van der Waals surface area contributed by atoms with Gasteiger partial charge in [0.1, 0.15) is 18.3 Å². The maximum Gasteiger partial charge on any atom is 0.271 e. The molecule has 0 saturated heterocycles. The molecule has 0 bridgehead atoms. The van der Waals surface area contributed by atoms with E-state index in [0.29, 0.717) is 16.9 Å². The zero-order valence-corrected chi connectivity index (χ0v) is 22.7. The summed E-state index contributed by atoms with van der Waals surface area (Å²) in [4.78, 5) is 38.7. The van der Waals surface area contributed by atoms with Crippen molar-refractivity contribution >= 4 is 33.2 Å². The number of nitro groups is 1. The molecule has 11 nitrogen and oxygen atoms in total. The van der Waals surface area contributed by atoms with Crippen molar-refractivity contribution in [2.24, 2.45) is 0 Å². The Morgan fingerprint density at radius 3 is 2.24 bits per heavy atom. The second-order valence-electron chi connectivity index (χ2n) is 8.95. The summed E-state index contributed by atoms with van der Waals surface area (Å²) in [6.45, 7) is 6.37. The molecule has 0 aliphatic rings. The van der Waals surface area contributed by atoms with Gasteiger partial charge in [-0.3, -0.25) is 24.0 Å². The predicted octanol–water partition coefficient (Wildman–Crippen LogP) is 3.01. The second kappa shape index (κ2) is 12.5. The van der Waals surface area contributed by atoms with Crippen molar-refractivity contribution < 1.29 is 27.7 Å². The molecule has 0 aromatic heterocycles. The van der Waals surface area contributed by atoms with Crippen LogP contribution in [-0.2, 0) is 26.2 Å². The van der Waals surface area contributed by atoms with Crippen LogP contribution in [0.15, 0.2) is 42.5 Å². The molecular formula is C25H34N4O7S. The van der Waals surface area contributed by atoms with Crippen LogP contribution in [0, 0.1) is 17.0 Å². The van der Waals surface area contributed by atoms with Gasteiger partial charge >= 0.3 is 0 Å². The fourth-order valence-electron chi connectivity index (χ4n) is 3.80. The van der Waals surface area contributed by atoms with E-state index in [0.717, 1.165) is 16.6 Å². The fraction of sp³-hybridized carbons (Fsp3) is 0.440. The van der Waals surface area contributed by atoms with Crippen LogP contribution >= 0.6 is 0 Å². The van der Waals surface area contributed by atoms with E-state index < -0.39 is 33.4 Å². The van der Waals surface area contributed by atoms with E-state index in [-0.39, 0.29) is 36.3 Å². The zero-order valence-electron chi connectivity index (χ0n) is 21.9. The number of hydrogen-bond acceptors (Lipinski definition) is 7. The summed E-state index contributed by atoms with van der Waals surface area (Å²) in [5, 5.41) is 14.1. The van der Waals surface area contributed by atoms with Crippen LogP contribution in [0.25, 0.3) is 0 Å². The van der Waals surface area contributed by atoms with E-state index in [2.05, 4.69) is 5.32 Å². The summed E-state index contributed by atoms with van der Waals surface area (Å²) < 4.78 is 31.5. The Bertz CT molecular complexity index is 1230. The molecule has 0 aliphatic carbocycles. The zero-order chi connectivity index (χ0) is 27.9. The number of hydrogen-bond donors (Lipinski definition) is 1. The van der Waals surface area contributed by atoms with Gasteiger partial charge in [-0.05, 0) is 50.5 Å². The Kier molecular flexibility index (Phi) is 10.0. The molecule has 1 atom stereocenters. The first kappa shape index (κ1) is 29.6. The number of carbonyl (C=O) groups excluding carboxylic acids is 2. The van der Waals surface area contributed by atoms with E-state index >= 15 is 0 Å². The Morgan fingerprint density at radius 2 is 1.76 bits per heavy atom. The number of aryl methyl sites for hydroxylation is 1. The molecule has 37 heavy (non-hydrogen) atoms. The van der Waals surface area contributed by atoms with Crippen LogP contribution in [0.1, 0.15) is 38.3 Å². The molecule has 0 spiro atoms. The lowest BCUT2D eigenvalue weighted by Crippen LogP contribution is -2.53. The molecule has 0 saturated carbocycles. The molecule has 0 aliphatic heterocycles. The SMILES string of the molecule is CCC(C(=O)NC(C)C)N(Cc1ccc(OC)cc1)C(=O)CN(c1cc([N+](=O)[O-])ccc1C)S(C)(=O)=O. The number of rotatable bonds is 12. The van der Waals surface area contributed by atoms with Crippen molar-refractivity contribution in [2.75, 3.05) is 24.2 Å². The summed E-state index contributed by atoms with van der Waals surface area (Å²) >= 11 is 0. The number of methoxy groups -OCH3 is 1. The number of amides is 2. The lowest BCUT2D eigenvalue weighted by molar-refractivity contribution is -0.384. The average molecular weight is 535 g/mol. The molecule has 0 radical (unpaired) electrons. The summed E-state index contributed by atoms with van der Waals surface area (Å²) in [6, 6.07) is 9.74. The van der Waals surface area contributed by atoms with Gasteiger partial charge in [-0.1, -0.05) is 25.1 Å². The standard InChI is InChI=1S/C25H34N4O7S/c1-7-22(25(31)26-17(2)3)27(15-19-9-12-21(36-5)13-10-19)24(30)16-28(37(6,34)35)23-14-20(29(32)33)11-8-18(23)4/h8-14,17,22H,7,15-16H2,1-6H3,(H,26,31). The van der Waals surface area contributed by atoms with E-state index in [9.17, 15) is 28.1 Å². The molecule has 2 amide bonds. The number of nitrogens with one attached hydrogen (secondary N) is 1. The minimum Gasteiger partial charge on any atom is -0.497 e. The topological polar surface area (TPSA) is 139 Å². The Labute approximate surface area is 217 Å². The lowest BCUT2D eigenvalue weighted by Gasteiger charge is -2.33. The van der Waals surface area contributed by atoms with Gasteiger partial charge in [-0.25, -0.2) is 8.42 Å². The fourth-order valence-corrected chi connectivity index (χ4v) is 4.70. The Balaban J connectivity index is 2.52. The number of ether oxygens (including phenoxy) is 1. The van der Waals surface area contributed by atoms with Crippen LogP contribution in [0.4, 0.5) is 11.4 Å². The van der Waals surface area contributed by atoms with Crippen LogP contribution < -0.4 is 14.4 Å². The average Bonchev–Trinajstić information content (AvgIpc) is 2.81. The molecular weight excluding hydrogens is 500 g/mol. The molecule has 1 unspecified atom stereocenters. The largest absolute Gasteiger partial charge is 0.497 e. The number of nitro benzene ring substituents is 1. The van der Waals surface area contributed by atoms with Gasteiger partial charge in [0.05, 0.1) is 24.0 Å². The minimum absolute atomic E-state index is 0.0223. The Morgan fingerprint density at radius 1 is 1.14 bits per heavy atom. The van der Waals surface area contributed by atoms with Crippen LogP contribution in [0.2, 0.25) is 0 Å². The highest BCUT2D eigenvalue weighted by molar-refractivity contribution is 7.92. The van der Waals surface area contributed by atoms with Crippen LogP contribution in [0.5, 0.6) is 5.75 Å². The molecule has 2 rings (SSSR count). The minimum atomic E-state index is -4.02. The highest BCUT2D eigenvalue weighted by atomic mass is 32.2. The van der Waals surface area contributed by atoms with Gasteiger partial charge in [0, 0.05) is 24.7 Å². The van der Waals surface area contributed by atoms with Gasteiger partial charge in [0.2, 0.25) is 21.8 Å². The van der Waals surface area contributed by atoms with Crippen molar-refractivity contribution in [2.45, 2.75) is 52.7 Å². The normalized spacial score (nSPS) is 12.1. The number of non-ortho nitro benzene ring substituents is 1. The number of nitrogens with zero attached hydrogens (tertiary/aromatic N) is 3. The van der Waals surface area contributed by atoms with E-state index in [1.54, 1.807) is 52.0 Å². The maximum atomic E-state index is 13.7. The van der Waals surface area contributed by atoms with Crippen LogP contribution in [0.3, 0.4) is 0 Å². The lowest BCUT2D eigenvalue weighted by atomic mass is 10.1. The third kappa shape index (κ3) is 7.91. The first-order chi connectivity index (χ1) is 17.3. The van der Waals surface area contributed by atoms with Gasteiger partial charge in [0.15, 0.2) is 0 Å². The van der Waals surface area contributed by atoms with Crippen molar-refractivity contribution in [3.8, 4) is 5.75 Å². The second-order valence-corrected chi connectivity index (χ2v) is 10.9. The quantitative estimate of drug-likeness (QED) is 0.326. The Hall–Kier alpha value is -3.67. The number of carbonyl (C=O) groups is 2. The number of sulfonamides is 1. The molecule has 12 heteroatoms. The van der Waals surface area contributed by atoms with Gasteiger partial charge in [-0.15, -0.1) is 0 Å². The molecule has 2 aromatic carbocycles. The molecule has 202 valence electrons. The summed E-state index contributed by atoms with van der Waals surface area (Å²) in [7, 11) is -2.49. The molecule has 0 fully saturated rings. The van der Waals surface area contributed by atoms with E-state index in [1.807, 2.05) is 0 Å². The van der Waals surface area contributed by atoms with Crippen molar-refractivity contribution in [3.63, 3.8) is 0 Å². The maximum absolute atomic E-state index is 13.7. The van der Waals surface area contributed by atoms with Crippen LogP contribution in [-0.4, -0.2) is 62.0 Å². The summed E-state index contributed by atoms with van der Waals surface area (Å²) in [5.41, 5.74) is 0.867. The number of benzene rings is 2. The summed E-state index contributed by atoms with van der Waals surface area (Å²) in [5.74, 6) is -0.370. The first-order valence-electron chi connectivity index (χ1n) is 11.7. The van der Waals surface area contributed by atoms with Gasteiger partial charge in [-0.2, -0.15) is 0 Å². The van der Waals surface area contributed by atoms with Gasteiger partial charge in [0.25, 0.3) is 5.69 Å². The smallest absolute Gasteiger partial charge is 0.271 e.